The van der Waals surface area contributed by atoms with Crippen LogP contribution in [0.15, 0.2) is 0 Å². The first-order chi connectivity index (χ1) is 7.49. The molecule has 0 spiro atoms. The first-order valence-electron chi connectivity index (χ1n) is 5.07. The molecule has 2 fully saturated rings. The van der Waals surface area contributed by atoms with Crippen LogP contribution >= 0.6 is 31.9 Å². The monoisotopic (exact) mass is 354 g/mol. The minimum atomic E-state index is -0.897. The summed E-state index contributed by atoms with van der Waals surface area (Å²) in [4.78, 5) is 23.2. The van der Waals surface area contributed by atoms with Crippen molar-refractivity contribution in [3.63, 3.8) is 0 Å². The van der Waals surface area contributed by atoms with E-state index < -0.39 is 23.8 Å². The molecule has 0 amide bonds. The van der Waals surface area contributed by atoms with Crippen LogP contribution in [-0.4, -0.2) is 33.8 Å². The van der Waals surface area contributed by atoms with Gasteiger partial charge in [0.15, 0.2) is 0 Å². The maximum atomic E-state index is 11.6. The third-order valence-corrected chi connectivity index (χ3v) is 6.94. The fraction of sp³-hybridized carbons (Fsp3) is 0.800. The van der Waals surface area contributed by atoms with Gasteiger partial charge in [0, 0.05) is 9.65 Å². The van der Waals surface area contributed by atoms with Crippen molar-refractivity contribution in [3.05, 3.63) is 0 Å². The molecule has 90 valence electrons. The first kappa shape index (κ1) is 12.4. The Balaban J connectivity index is 2.30. The molecule has 2 bridgehead atoms. The van der Waals surface area contributed by atoms with Crippen LogP contribution in [0.1, 0.15) is 6.42 Å². The van der Waals surface area contributed by atoms with E-state index in [2.05, 4.69) is 31.9 Å². The number of alkyl halides is 2. The molecule has 0 aromatic heterocycles. The zero-order chi connectivity index (χ0) is 12.0. The second-order valence-corrected chi connectivity index (χ2v) is 6.48. The van der Waals surface area contributed by atoms with Gasteiger partial charge >= 0.3 is 11.9 Å². The number of fused-ring (bicyclic) bond motifs is 2. The molecule has 16 heavy (non-hydrogen) atoms. The van der Waals surface area contributed by atoms with Gasteiger partial charge in [0.05, 0.1) is 18.9 Å². The van der Waals surface area contributed by atoms with Gasteiger partial charge in [-0.05, 0) is 18.3 Å². The molecule has 0 aromatic carbocycles. The Kier molecular flexibility index (Phi) is 3.32. The summed E-state index contributed by atoms with van der Waals surface area (Å²) >= 11 is 7.03. The van der Waals surface area contributed by atoms with E-state index in [0.717, 1.165) is 6.42 Å². The third kappa shape index (κ3) is 1.61. The average Bonchev–Trinajstić information content (AvgIpc) is 2.76. The minimum Gasteiger partial charge on any atom is -0.481 e. The Morgan fingerprint density at radius 1 is 1.19 bits per heavy atom. The molecule has 0 aliphatic heterocycles. The summed E-state index contributed by atoms with van der Waals surface area (Å²) in [6.45, 7) is 0. The van der Waals surface area contributed by atoms with Crippen LogP contribution in [0.5, 0.6) is 0 Å². The lowest BCUT2D eigenvalue weighted by molar-refractivity contribution is -0.157. The Labute approximate surface area is 110 Å². The summed E-state index contributed by atoms with van der Waals surface area (Å²) in [6, 6.07) is 0. The Morgan fingerprint density at radius 3 is 2.12 bits per heavy atom. The van der Waals surface area contributed by atoms with Crippen LogP contribution in [-0.2, 0) is 14.3 Å². The highest BCUT2D eigenvalue weighted by atomic mass is 79.9. The molecule has 0 radical (unpaired) electrons. The third-order valence-electron chi connectivity index (χ3n) is 3.73. The van der Waals surface area contributed by atoms with E-state index in [-0.39, 0.29) is 21.5 Å². The quantitative estimate of drug-likeness (QED) is 0.604. The summed E-state index contributed by atoms with van der Waals surface area (Å²) in [7, 11) is 1.31. The SMILES string of the molecule is COC(=O)[C@@H]1[C@H]2C[C@H]([C@H](Br)[C@@H]2Br)[C@@H]1C(=O)O. The number of esters is 1. The number of methoxy groups -OCH3 is 1. The van der Waals surface area contributed by atoms with E-state index in [0.29, 0.717) is 0 Å². The molecular formula is C10H12Br2O4. The van der Waals surface area contributed by atoms with Crippen LogP contribution in [0, 0.1) is 23.7 Å². The molecule has 6 heteroatoms. The van der Waals surface area contributed by atoms with Gasteiger partial charge in [0.1, 0.15) is 0 Å². The van der Waals surface area contributed by atoms with E-state index in [4.69, 9.17) is 4.74 Å². The lowest BCUT2D eigenvalue weighted by Crippen LogP contribution is -2.43. The molecule has 0 aromatic rings. The number of carboxylic acids is 1. The number of carboxylic acid groups (broad SMARTS) is 1. The van der Waals surface area contributed by atoms with Gasteiger partial charge in [-0.1, -0.05) is 31.9 Å². The van der Waals surface area contributed by atoms with Gasteiger partial charge in [-0.25, -0.2) is 0 Å². The highest BCUT2D eigenvalue weighted by Crippen LogP contribution is 2.57. The van der Waals surface area contributed by atoms with E-state index >= 15 is 0 Å². The fourth-order valence-electron chi connectivity index (χ4n) is 3.06. The number of hydrogen-bond donors (Lipinski definition) is 1. The van der Waals surface area contributed by atoms with E-state index in [1.54, 1.807) is 0 Å². The number of aliphatic carboxylic acids is 1. The largest absolute Gasteiger partial charge is 0.481 e. The van der Waals surface area contributed by atoms with Crippen LogP contribution in [0.4, 0.5) is 0 Å². The minimum absolute atomic E-state index is 0.0102. The highest BCUT2D eigenvalue weighted by molar-refractivity contribution is 9.12. The number of halogens is 2. The zero-order valence-corrected chi connectivity index (χ0v) is 11.8. The van der Waals surface area contributed by atoms with Crippen molar-refractivity contribution < 1.29 is 19.4 Å². The number of hydrogen-bond acceptors (Lipinski definition) is 3. The molecule has 2 aliphatic carbocycles. The van der Waals surface area contributed by atoms with E-state index in [1.165, 1.54) is 7.11 Å². The van der Waals surface area contributed by atoms with Crippen LogP contribution in [0.25, 0.3) is 0 Å². The Morgan fingerprint density at radius 2 is 1.69 bits per heavy atom. The number of carbonyl (C=O) groups excluding carboxylic acids is 1. The van der Waals surface area contributed by atoms with E-state index in [1.807, 2.05) is 0 Å². The highest BCUT2D eigenvalue weighted by Gasteiger charge is 2.61. The molecule has 2 saturated carbocycles. The van der Waals surface area contributed by atoms with Crippen molar-refractivity contribution in [2.75, 3.05) is 7.11 Å². The second-order valence-electron chi connectivity index (χ2n) is 4.37. The molecule has 6 atom stereocenters. The molecule has 2 aliphatic rings. The van der Waals surface area contributed by atoms with Crippen molar-refractivity contribution in [2.24, 2.45) is 23.7 Å². The topological polar surface area (TPSA) is 63.6 Å². The predicted molar refractivity (Wildman–Crippen MR) is 63.7 cm³/mol. The summed E-state index contributed by atoms with van der Waals surface area (Å²) in [5, 5.41) is 9.21. The van der Waals surface area contributed by atoms with Crippen LogP contribution in [0.2, 0.25) is 0 Å². The number of rotatable bonds is 2. The normalized spacial score (nSPS) is 45.7. The fourth-order valence-corrected chi connectivity index (χ4v) is 4.94. The lowest BCUT2D eigenvalue weighted by Gasteiger charge is -2.32. The number of ether oxygens (including phenoxy) is 1. The van der Waals surface area contributed by atoms with Crippen molar-refractivity contribution in [2.45, 2.75) is 16.1 Å². The summed E-state index contributed by atoms with van der Waals surface area (Å²) < 4.78 is 4.71. The van der Waals surface area contributed by atoms with Crippen LogP contribution in [0.3, 0.4) is 0 Å². The van der Waals surface area contributed by atoms with Gasteiger partial charge in [0.25, 0.3) is 0 Å². The maximum Gasteiger partial charge on any atom is 0.309 e. The van der Waals surface area contributed by atoms with Gasteiger partial charge in [-0.2, -0.15) is 0 Å². The van der Waals surface area contributed by atoms with Crippen molar-refractivity contribution in [3.8, 4) is 0 Å². The molecule has 0 saturated heterocycles. The molecule has 0 heterocycles. The van der Waals surface area contributed by atoms with Gasteiger partial charge in [0.2, 0.25) is 0 Å². The molecule has 0 unspecified atom stereocenters. The van der Waals surface area contributed by atoms with Gasteiger partial charge in [-0.3, -0.25) is 9.59 Å². The smallest absolute Gasteiger partial charge is 0.309 e. The summed E-state index contributed by atoms with van der Waals surface area (Å²) in [6.07, 6.45) is 0.766. The predicted octanol–water partition coefficient (Wildman–Crippen LogP) is 1.65. The van der Waals surface area contributed by atoms with Crippen molar-refractivity contribution in [1.82, 2.24) is 0 Å². The van der Waals surface area contributed by atoms with Crippen molar-refractivity contribution in [1.29, 1.82) is 0 Å². The maximum absolute atomic E-state index is 11.6. The summed E-state index contributed by atoms with van der Waals surface area (Å²) in [5.41, 5.74) is 0. The second kappa shape index (κ2) is 4.29. The first-order valence-corrected chi connectivity index (χ1v) is 6.91. The molecule has 2 rings (SSSR count). The van der Waals surface area contributed by atoms with Crippen molar-refractivity contribution >= 4 is 43.8 Å². The average molecular weight is 356 g/mol. The lowest BCUT2D eigenvalue weighted by atomic mass is 9.79. The summed E-state index contributed by atoms with van der Waals surface area (Å²) in [5.74, 6) is -2.35. The molecular weight excluding hydrogens is 344 g/mol. The van der Waals surface area contributed by atoms with Crippen LogP contribution < -0.4 is 0 Å². The Bertz CT molecular complexity index is 333. The van der Waals surface area contributed by atoms with E-state index in [9.17, 15) is 14.7 Å². The number of carbonyl (C=O) groups is 2. The Hall–Kier alpha value is -0.100. The molecule has 4 nitrogen and oxygen atoms in total. The standard InChI is InChI=1S/C10H12Br2O4/c1-16-10(15)6-4-2-3(5(6)9(13)14)7(11)8(4)12/h3-8H,2H2,1H3,(H,13,14)/t3-,4+,5-,6+,7-,8+/m0/s1. The van der Waals surface area contributed by atoms with Gasteiger partial charge < -0.3 is 9.84 Å². The molecule has 1 N–H and O–H groups in total. The van der Waals surface area contributed by atoms with Gasteiger partial charge in [-0.15, -0.1) is 0 Å². The zero-order valence-electron chi connectivity index (χ0n) is 8.60.